The maximum atomic E-state index is 13.2. The van der Waals surface area contributed by atoms with E-state index in [4.69, 9.17) is 1.37 Å². The van der Waals surface area contributed by atoms with Gasteiger partial charge in [0.05, 0.1) is 17.3 Å². The van der Waals surface area contributed by atoms with Crippen LogP contribution in [0.1, 0.15) is 1.37 Å². The van der Waals surface area contributed by atoms with Gasteiger partial charge in [-0.1, -0.05) is 54.6 Å². The second-order valence-electron chi connectivity index (χ2n) is 7.91. The molecule has 0 saturated carbocycles. The van der Waals surface area contributed by atoms with Gasteiger partial charge in [0.15, 0.2) is 5.03 Å². The van der Waals surface area contributed by atoms with Crippen LogP contribution in [0.4, 0.5) is 0 Å². The van der Waals surface area contributed by atoms with Gasteiger partial charge < -0.3 is 0 Å². The van der Waals surface area contributed by atoms with E-state index in [0.29, 0.717) is 0 Å². The molecule has 3 aromatic heterocycles. The Morgan fingerprint density at radius 3 is 2.32 bits per heavy atom. The Morgan fingerprint density at radius 1 is 0.676 bits per heavy atom. The summed E-state index contributed by atoms with van der Waals surface area (Å²) in [6, 6.07) is 31.4. The molecule has 5 nitrogen and oxygen atoms in total. The third-order valence-electron chi connectivity index (χ3n) is 5.89. The molecule has 6 heteroatoms. The second kappa shape index (κ2) is 7.93. The monoisotopic (exact) mass is 462 g/mol. The molecule has 34 heavy (non-hydrogen) atoms. The highest BCUT2D eigenvalue weighted by Gasteiger charge is 2.20. The summed E-state index contributed by atoms with van der Waals surface area (Å²) in [5.74, 6) is 0.813. The van der Waals surface area contributed by atoms with E-state index in [-0.39, 0.29) is 16.1 Å². The first-order valence-corrected chi connectivity index (χ1v) is 12.2. The summed E-state index contributed by atoms with van der Waals surface area (Å²) in [6.07, 6.45) is 1.68. The fraction of sp³-hybridized carbons (Fsp3) is 0. The molecule has 0 N–H and O–H groups in total. The van der Waals surface area contributed by atoms with Crippen molar-refractivity contribution in [3.05, 3.63) is 115 Å². The Hall–Kier alpha value is -4.29. The van der Waals surface area contributed by atoms with Crippen LogP contribution in [0.2, 0.25) is 0 Å². The Kier molecular flexibility index (Phi) is 4.48. The summed E-state index contributed by atoms with van der Waals surface area (Å²) >= 11 is 0. The van der Waals surface area contributed by atoms with Gasteiger partial charge in [0.2, 0.25) is 9.84 Å². The number of hydrogen-bond acceptors (Lipinski definition) is 4. The molecule has 6 rings (SSSR count). The van der Waals surface area contributed by atoms with Crippen molar-refractivity contribution in [1.29, 1.82) is 0 Å². The van der Waals surface area contributed by atoms with Gasteiger partial charge in [0.1, 0.15) is 5.82 Å². The first-order valence-electron chi connectivity index (χ1n) is 11.3. The van der Waals surface area contributed by atoms with Gasteiger partial charge in [-0.15, -0.1) is 0 Å². The summed E-state index contributed by atoms with van der Waals surface area (Å²) in [5, 5.41) is 2.08. The molecule has 6 aromatic rings. The minimum absolute atomic E-state index is 0.0879. The predicted octanol–water partition coefficient (Wildman–Crippen LogP) is 6.07. The molecule has 164 valence electrons. The van der Waals surface area contributed by atoms with Crippen molar-refractivity contribution in [3.8, 4) is 16.9 Å². The van der Waals surface area contributed by atoms with Crippen LogP contribution in [0.5, 0.6) is 0 Å². The van der Waals surface area contributed by atoms with Crippen LogP contribution in [0.25, 0.3) is 38.8 Å². The van der Waals surface area contributed by atoms with Crippen molar-refractivity contribution in [2.75, 3.05) is 0 Å². The van der Waals surface area contributed by atoms with E-state index in [1.165, 1.54) is 18.2 Å². The molecule has 0 radical (unpaired) electrons. The van der Waals surface area contributed by atoms with Crippen molar-refractivity contribution in [2.24, 2.45) is 0 Å². The Labute approximate surface area is 198 Å². The quantitative estimate of drug-likeness (QED) is 0.319. The molecule has 3 heterocycles. The van der Waals surface area contributed by atoms with Crippen molar-refractivity contribution < 1.29 is 9.79 Å². The van der Waals surface area contributed by atoms with Crippen LogP contribution in [-0.4, -0.2) is 23.0 Å². The number of para-hydroxylation sites is 1. The van der Waals surface area contributed by atoms with Gasteiger partial charge in [-0.2, -0.15) is 0 Å². The Balaban J connectivity index is 1.54. The van der Waals surface area contributed by atoms with Gasteiger partial charge in [-0.05, 0) is 59.7 Å². The number of benzene rings is 3. The molecule has 0 spiro atoms. The fourth-order valence-corrected chi connectivity index (χ4v) is 5.52. The number of pyridine rings is 2. The van der Waals surface area contributed by atoms with Gasteiger partial charge in [-0.3, -0.25) is 4.57 Å². The zero-order valence-corrected chi connectivity index (χ0v) is 18.8. The maximum Gasteiger partial charge on any atom is 0.223 e. The van der Waals surface area contributed by atoms with E-state index in [9.17, 15) is 8.42 Å². The molecular weight excluding hydrogens is 442 g/mol. The van der Waals surface area contributed by atoms with Crippen LogP contribution in [0.3, 0.4) is 0 Å². The highest BCUT2D eigenvalue weighted by molar-refractivity contribution is 7.91. The number of hydrogen-bond donors (Lipinski definition) is 0. The van der Waals surface area contributed by atoms with Gasteiger partial charge >= 0.3 is 0 Å². The average Bonchev–Trinajstić information content (AvgIpc) is 3.23. The molecule has 0 aliphatic heterocycles. The normalized spacial score (nSPS) is 12.2. The second-order valence-corrected chi connectivity index (χ2v) is 9.81. The summed E-state index contributed by atoms with van der Waals surface area (Å²) in [6.45, 7) is 0. The van der Waals surface area contributed by atoms with Crippen molar-refractivity contribution in [1.82, 2.24) is 14.5 Å². The van der Waals surface area contributed by atoms with Crippen LogP contribution < -0.4 is 0 Å². The molecule has 0 bridgehead atoms. The number of aromatic nitrogens is 3. The van der Waals surface area contributed by atoms with Crippen molar-refractivity contribution >= 4 is 31.6 Å². The van der Waals surface area contributed by atoms with Crippen LogP contribution in [0, 0.1) is 0 Å². The number of fused-ring (bicyclic) bond motifs is 3. The van der Waals surface area contributed by atoms with E-state index in [1.807, 2.05) is 42.5 Å². The summed E-state index contributed by atoms with van der Waals surface area (Å²) in [7, 11) is -3.85. The van der Waals surface area contributed by atoms with Crippen LogP contribution in [-0.2, 0) is 9.84 Å². The molecule has 0 unspecified atom stereocenters. The molecule has 0 aliphatic rings. The summed E-state index contributed by atoms with van der Waals surface area (Å²) in [5.41, 5.74) is 3.69. The fourth-order valence-electron chi connectivity index (χ4n) is 4.31. The van der Waals surface area contributed by atoms with E-state index in [1.54, 1.807) is 24.4 Å². The van der Waals surface area contributed by atoms with Gasteiger partial charge in [0.25, 0.3) is 0 Å². The Bertz CT molecular complexity index is 1830. The van der Waals surface area contributed by atoms with Crippen LogP contribution in [0.15, 0.2) is 125 Å². The topological polar surface area (TPSA) is 64.8 Å². The third kappa shape index (κ3) is 3.27. The van der Waals surface area contributed by atoms with Gasteiger partial charge in [0, 0.05) is 23.1 Å². The van der Waals surface area contributed by atoms with Gasteiger partial charge in [-0.25, -0.2) is 18.4 Å². The average molecular weight is 463 g/mol. The lowest BCUT2D eigenvalue weighted by Gasteiger charge is -2.09. The van der Waals surface area contributed by atoms with E-state index in [2.05, 4.69) is 38.8 Å². The summed E-state index contributed by atoms with van der Waals surface area (Å²) in [4.78, 5) is 8.61. The molecule has 0 atom stereocenters. The molecule has 0 saturated heterocycles. The lowest BCUT2D eigenvalue weighted by atomic mass is 10.0. The first kappa shape index (κ1) is 19.2. The first-order chi connectivity index (χ1) is 17.0. The molecule has 0 amide bonds. The summed E-state index contributed by atoms with van der Waals surface area (Å²) < 4.78 is 36.2. The maximum absolute atomic E-state index is 13.2. The van der Waals surface area contributed by atoms with E-state index >= 15 is 0 Å². The third-order valence-corrected chi connectivity index (χ3v) is 7.54. The minimum Gasteiger partial charge on any atom is -0.294 e. The van der Waals surface area contributed by atoms with E-state index in [0.717, 1.165) is 38.8 Å². The SMILES string of the molecule is [2H]c1cccc(S(=O)(=O)c2cccc(-c3ccc4c5ccccc5n(-c5ccccn5)c4c3)c2)n1. The smallest absolute Gasteiger partial charge is 0.223 e. The molecule has 0 fully saturated rings. The van der Waals surface area contributed by atoms with Crippen molar-refractivity contribution in [2.45, 2.75) is 9.92 Å². The highest BCUT2D eigenvalue weighted by Crippen LogP contribution is 2.35. The standard InChI is InChI=1S/C28H19N3O2S/c32-34(33,28-13-4-6-17-30-28)22-9-7-8-20(18-22)21-14-15-24-23-10-1-2-11-25(23)31(26(24)19-21)27-12-3-5-16-29-27/h1-19H/i17D. The van der Waals surface area contributed by atoms with Crippen LogP contribution >= 0.6 is 0 Å². The van der Waals surface area contributed by atoms with Crippen molar-refractivity contribution in [3.63, 3.8) is 0 Å². The molecular formula is C28H19N3O2S. The lowest BCUT2D eigenvalue weighted by molar-refractivity contribution is 0.592. The largest absolute Gasteiger partial charge is 0.294 e. The molecule has 3 aromatic carbocycles. The highest BCUT2D eigenvalue weighted by atomic mass is 32.2. The number of rotatable bonds is 4. The zero-order valence-electron chi connectivity index (χ0n) is 19.0. The molecule has 0 aliphatic carbocycles. The van der Waals surface area contributed by atoms with E-state index < -0.39 is 9.84 Å². The number of sulfone groups is 1. The zero-order chi connectivity index (χ0) is 24.0. The number of nitrogens with zero attached hydrogens (tertiary/aromatic N) is 3. The lowest BCUT2D eigenvalue weighted by Crippen LogP contribution is -2.04. The predicted molar refractivity (Wildman–Crippen MR) is 134 cm³/mol. The minimum atomic E-state index is -3.85. The Morgan fingerprint density at radius 2 is 1.47 bits per heavy atom.